The number of aliphatic hydroxyl groups is 1. The maximum absolute atomic E-state index is 11.5. The van der Waals surface area contributed by atoms with Gasteiger partial charge in [0.25, 0.3) is 0 Å². The predicted molar refractivity (Wildman–Crippen MR) is 82.1 cm³/mol. The molecule has 0 radical (unpaired) electrons. The Kier molecular flexibility index (Phi) is 7.72. The van der Waals surface area contributed by atoms with E-state index in [1.165, 1.54) is 32.1 Å². The van der Waals surface area contributed by atoms with Crippen LogP contribution in [0, 0.1) is 17.8 Å². The first kappa shape index (κ1) is 18.0. The minimum absolute atomic E-state index is 0.325. The summed E-state index contributed by atoms with van der Waals surface area (Å²) < 4.78 is 0. The Labute approximate surface area is 127 Å². The molecule has 0 saturated heterocycles. The summed E-state index contributed by atoms with van der Waals surface area (Å²) in [5, 5.41) is 10.1. The number of amides is 2. The highest BCUT2D eigenvalue weighted by atomic mass is 16.3. The van der Waals surface area contributed by atoms with E-state index in [2.05, 4.69) is 0 Å². The highest BCUT2D eigenvalue weighted by molar-refractivity contribution is 5.79. The lowest BCUT2D eigenvalue weighted by Crippen LogP contribution is -2.32. The molecule has 0 aromatic heterocycles. The molecule has 2 amide bonds. The average molecular weight is 298 g/mol. The maximum Gasteiger partial charge on any atom is 0.220 e. The number of hydrogen-bond donors (Lipinski definition) is 3. The third kappa shape index (κ3) is 6.93. The Morgan fingerprint density at radius 2 is 1.71 bits per heavy atom. The van der Waals surface area contributed by atoms with Crippen LogP contribution in [0.25, 0.3) is 0 Å². The van der Waals surface area contributed by atoms with Gasteiger partial charge in [-0.1, -0.05) is 39.0 Å². The molecule has 5 N–H and O–H groups in total. The number of hydrogen-bond acceptors (Lipinski definition) is 3. The predicted octanol–water partition coefficient (Wildman–Crippen LogP) is 1.71. The van der Waals surface area contributed by atoms with Crippen molar-refractivity contribution in [3.8, 4) is 0 Å². The molecule has 1 aliphatic rings. The molecule has 0 bridgehead atoms. The van der Waals surface area contributed by atoms with E-state index in [-0.39, 0.29) is 0 Å². The Hall–Kier alpha value is -1.10. The molecule has 5 heteroatoms. The van der Waals surface area contributed by atoms with Crippen LogP contribution in [-0.2, 0) is 9.59 Å². The highest BCUT2D eigenvalue weighted by Gasteiger charge is 2.25. The zero-order valence-corrected chi connectivity index (χ0v) is 13.1. The van der Waals surface area contributed by atoms with Crippen molar-refractivity contribution in [1.29, 1.82) is 0 Å². The van der Waals surface area contributed by atoms with Crippen LogP contribution in [0.2, 0.25) is 0 Å². The summed E-state index contributed by atoms with van der Waals surface area (Å²) in [5.74, 6) is -1.05. The number of aliphatic hydroxyl groups excluding tert-OH is 1. The molecule has 1 aliphatic carbocycles. The fourth-order valence-electron chi connectivity index (χ4n) is 3.22. The van der Waals surface area contributed by atoms with E-state index in [1.54, 1.807) is 6.92 Å². The fraction of sp³-hybridized carbons (Fsp3) is 0.875. The van der Waals surface area contributed by atoms with Crippen molar-refractivity contribution in [2.24, 2.45) is 29.2 Å². The van der Waals surface area contributed by atoms with Crippen LogP contribution >= 0.6 is 0 Å². The highest BCUT2D eigenvalue weighted by Crippen LogP contribution is 2.29. The van der Waals surface area contributed by atoms with Gasteiger partial charge in [0.15, 0.2) is 0 Å². The first-order valence-electron chi connectivity index (χ1n) is 8.16. The normalized spacial score (nSPS) is 20.7. The molecule has 5 nitrogen and oxygen atoms in total. The summed E-state index contributed by atoms with van der Waals surface area (Å²) in [6.45, 7) is 1.69. The van der Waals surface area contributed by atoms with Gasteiger partial charge in [-0.3, -0.25) is 9.59 Å². The zero-order valence-electron chi connectivity index (χ0n) is 13.1. The van der Waals surface area contributed by atoms with Gasteiger partial charge < -0.3 is 16.6 Å². The molecule has 1 fully saturated rings. The second-order valence-electron chi connectivity index (χ2n) is 6.61. The monoisotopic (exact) mass is 298 g/mol. The van der Waals surface area contributed by atoms with E-state index in [0.29, 0.717) is 25.2 Å². The van der Waals surface area contributed by atoms with Crippen molar-refractivity contribution in [2.75, 3.05) is 0 Å². The summed E-state index contributed by atoms with van der Waals surface area (Å²) in [6.07, 6.45) is 8.28. The van der Waals surface area contributed by atoms with Crippen LogP contribution in [0.5, 0.6) is 0 Å². The van der Waals surface area contributed by atoms with Crippen molar-refractivity contribution in [3.63, 3.8) is 0 Å². The van der Waals surface area contributed by atoms with E-state index in [9.17, 15) is 14.7 Å². The first-order valence-corrected chi connectivity index (χ1v) is 8.16. The molecule has 1 saturated carbocycles. The number of carbonyl (C=O) groups is 2. The molecule has 0 aliphatic heterocycles. The Morgan fingerprint density at radius 3 is 2.24 bits per heavy atom. The lowest BCUT2D eigenvalue weighted by Gasteiger charge is -2.24. The van der Waals surface area contributed by atoms with Crippen LogP contribution in [-0.4, -0.2) is 23.0 Å². The Balaban J connectivity index is 2.35. The Morgan fingerprint density at radius 1 is 1.10 bits per heavy atom. The number of nitrogens with two attached hydrogens (primary N) is 2. The minimum Gasteiger partial charge on any atom is -0.393 e. The van der Waals surface area contributed by atoms with Gasteiger partial charge >= 0.3 is 0 Å². The number of primary amides is 2. The molecule has 3 atom stereocenters. The minimum atomic E-state index is -0.524. The van der Waals surface area contributed by atoms with E-state index >= 15 is 0 Å². The molecule has 0 spiro atoms. The molecule has 1 rings (SSSR count). The first-order chi connectivity index (χ1) is 9.90. The van der Waals surface area contributed by atoms with Gasteiger partial charge in [0.05, 0.1) is 6.10 Å². The average Bonchev–Trinajstić information content (AvgIpc) is 2.45. The zero-order chi connectivity index (χ0) is 15.8. The summed E-state index contributed by atoms with van der Waals surface area (Å²) in [7, 11) is 0. The van der Waals surface area contributed by atoms with Crippen molar-refractivity contribution < 1.29 is 14.7 Å². The van der Waals surface area contributed by atoms with Gasteiger partial charge in [-0.15, -0.1) is 0 Å². The van der Waals surface area contributed by atoms with Crippen molar-refractivity contribution in [1.82, 2.24) is 0 Å². The standard InChI is InChI=1S/C16H30N2O3/c1-11(15(17)20)9-13(16(18)21)10-14(19)8-7-12-5-3-2-4-6-12/h11-14,19H,2-10H2,1H3,(H2,17,20)(H2,18,21)/t11?,13-,14+/m1/s1. The van der Waals surface area contributed by atoms with Gasteiger partial charge in [-0.05, 0) is 31.6 Å². The third-order valence-electron chi connectivity index (χ3n) is 4.72. The SMILES string of the molecule is CC(C[C@H](C[C@@H](O)CCC1CCCCC1)C(N)=O)C(N)=O. The molecule has 21 heavy (non-hydrogen) atoms. The molecule has 0 heterocycles. The molecule has 0 aromatic rings. The summed E-state index contributed by atoms with van der Waals surface area (Å²) >= 11 is 0. The van der Waals surface area contributed by atoms with Crippen LogP contribution in [0.4, 0.5) is 0 Å². The van der Waals surface area contributed by atoms with Gasteiger partial charge in [-0.25, -0.2) is 0 Å². The van der Waals surface area contributed by atoms with E-state index in [0.717, 1.165) is 6.42 Å². The van der Waals surface area contributed by atoms with Gasteiger partial charge in [0.2, 0.25) is 11.8 Å². The van der Waals surface area contributed by atoms with Crippen LogP contribution in [0.15, 0.2) is 0 Å². The van der Waals surface area contributed by atoms with Crippen molar-refractivity contribution in [3.05, 3.63) is 0 Å². The summed E-state index contributed by atoms with van der Waals surface area (Å²) in [5.41, 5.74) is 10.6. The fourth-order valence-corrected chi connectivity index (χ4v) is 3.22. The van der Waals surface area contributed by atoms with Gasteiger partial charge in [0, 0.05) is 11.8 Å². The second kappa shape index (κ2) is 9.03. The molecule has 122 valence electrons. The van der Waals surface area contributed by atoms with Crippen LogP contribution < -0.4 is 11.5 Å². The molecular formula is C16H30N2O3. The van der Waals surface area contributed by atoms with Gasteiger partial charge in [-0.2, -0.15) is 0 Å². The smallest absolute Gasteiger partial charge is 0.220 e. The summed E-state index contributed by atoms with van der Waals surface area (Å²) in [4.78, 5) is 22.5. The van der Waals surface area contributed by atoms with Crippen molar-refractivity contribution >= 4 is 11.8 Å². The van der Waals surface area contributed by atoms with E-state index in [1.807, 2.05) is 0 Å². The molecular weight excluding hydrogens is 268 g/mol. The lowest BCUT2D eigenvalue weighted by molar-refractivity contribution is -0.125. The lowest BCUT2D eigenvalue weighted by atomic mass is 9.83. The Bertz CT molecular complexity index is 340. The maximum atomic E-state index is 11.5. The molecule has 0 aromatic carbocycles. The number of rotatable bonds is 9. The van der Waals surface area contributed by atoms with Crippen LogP contribution in [0.1, 0.15) is 64.7 Å². The van der Waals surface area contributed by atoms with Crippen molar-refractivity contribution in [2.45, 2.75) is 70.8 Å². The molecule has 1 unspecified atom stereocenters. The summed E-state index contributed by atoms with van der Waals surface area (Å²) in [6, 6.07) is 0. The largest absolute Gasteiger partial charge is 0.393 e. The number of carbonyl (C=O) groups excluding carboxylic acids is 2. The second-order valence-corrected chi connectivity index (χ2v) is 6.61. The van der Waals surface area contributed by atoms with Crippen LogP contribution in [0.3, 0.4) is 0 Å². The topological polar surface area (TPSA) is 106 Å². The third-order valence-corrected chi connectivity index (χ3v) is 4.72. The quantitative estimate of drug-likeness (QED) is 0.603. The van der Waals surface area contributed by atoms with Gasteiger partial charge in [0.1, 0.15) is 0 Å². The van der Waals surface area contributed by atoms with E-state index < -0.39 is 29.8 Å². The van der Waals surface area contributed by atoms with E-state index in [4.69, 9.17) is 11.5 Å².